The quantitative estimate of drug-likeness (QED) is 0.695. The van der Waals surface area contributed by atoms with Crippen LogP contribution >= 0.6 is 11.6 Å². The fourth-order valence-electron chi connectivity index (χ4n) is 3.86. The van der Waals surface area contributed by atoms with E-state index in [1.807, 2.05) is 20.8 Å². The summed E-state index contributed by atoms with van der Waals surface area (Å²) < 4.78 is 0. The number of hydrogen-bond acceptors (Lipinski definition) is 4. The summed E-state index contributed by atoms with van der Waals surface area (Å²) in [6.07, 6.45) is 0.00767. The van der Waals surface area contributed by atoms with Crippen LogP contribution in [0.25, 0.3) is 0 Å². The van der Waals surface area contributed by atoms with Crippen LogP contribution in [0.15, 0.2) is 48.5 Å². The summed E-state index contributed by atoms with van der Waals surface area (Å²) in [6.45, 7) is 6.92. The van der Waals surface area contributed by atoms with Gasteiger partial charge in [-0.05, 0) is 62.7 Å². The van der Waals surface area contributed by atoms with E-state index in [0.29, 0.717) is 16.4 Å². The Balaban J connectivity index is 1.84. The largest absolute Gasteiger partial charge is 0.326 e. The van der Waals surface area contributed by atoms with Gasteiger partial charge in [-0.3, -0.25) is 19.2 Å². The Hall–Kier alpha value is -3.19. The molecule has 168 valence electrons. The van der Waals surface area contributed by atoms with Crippen molar-refractivity contribution in [2.24, 2.45) is 0 Å². The molecule has 1 unspecified atom stereocenters. The highest BCUT2D eigenvalue weighted by atomic mass is 35.5. The van der Waals surface area contributed by atoms with Crippen molar-refractivity contribution < 1.29 is 19.2 Å². The number of rotatable bonds is 5. The van der Waals surface area contributed by atoms with Crippen LogP contribution in [0.4, 0.5) is 11.4 Å². The first-order chi connectivity index (χ1) is 15.0. The van der Waals surface area contributed by atoms with Crippen LogP contribution in [0.3, 0.4) is 0 Å². The van der Waals surface area contributed by atoms with Crippen molar-refractivity contribution in [2.45, 2.75) is 52.1 Å². The molecular formula is C24H26ClN3O4. The molecule has 4 amide bonds. The summed E-state index contributed by atoms with van der Waals surface area (Å²) in [5.74, 6) is -1.28. The molecule has 1 fully saturated rings. The molecule has 0 aromatic heterocycles. The molecular weight excluding hydrogens is 430 g/mol. The van der Waals surface area contributed by atoms with Gasteiger partial charge in [0, 0.05) is 23.2 Å². The molecule has 0 bridgehead atoms. The zero-order valence-electron chi connectivity index (χ0n) is 18.5. The Kier molecular flexibility index (Phi) is 6.69. The molecule has 0 saturated carbocycles. The van der Waals surface area contributed by atoms with Gasteiger partial charge in [0.25, 0.3) is 5.91 Å². The molecule has 1 aliphatic heterocycles. The van der Waals surface area contributed by atoms with Crippen molar-refractivity contribution in [3.8, 4) is 0 Å². The van der Waals surface area contributed by atoms with Crippen molar-refractivity contribution in [2.75, 3.05) is 10.2 Å². The van der Waals surface area contributed by atoms with E-state index >= 15 is 0 Å². The molecule has 0 spiro atoms. The highest BCUT2D eigenvalue weighted by molar-refractivity contribution is 6.30. The maximum atomic E-state index is 13.3. The molecule has 1 aliphatic rings. The van der Waals surface area contributed by atoms with Crippen molar-refractivity contribution in [1.29, 1.82) is 0 Å². The number of imide groups is 1. The first kappa shape index (κ1) is 23.5. The van der Waals surface area contributed by atoms with Crippen LogP contribution < -0.4 is 10.2 Å². The molecule has 0 aliphatic carbocycles. The number of halogens is 1. The first-order valence-corrected chi connectivity index (χ1v) is 10.7. The van der Waals surface area contributed by atoms with Crippen LogP contribution in [-0.4, -0.2) is 40.1 Å². The maximum absolute atomic E-state index is 13.3. The average Bonchev–Trinajstić information content (AvgIpc) is 2.97. The monoisotopic (exact) mass is 455 g/mol. The minimum atomic E-state index is -0.891. The minimum absolute atomic E-state index is 0.0874. The maximum Gasteiger partial charge on any atom is 0.257 e. The molecule has 1 N–H and O–H groups in total. The van der Waals surface area contributed by atoms with E-state index in [0.717, 1.165) is 10.5 Å². The van der Waals surface area contributed by atoms with E-state index in [1.165, 1.54) is 11.8 Å². The van der Waals surface area contributed by atoms with Crippen LogP contribution in [0.1, 0.15) is 39.7 Å². The molecule has 32 heavy (non-hydrogen) atoms. The van der Waals surface area contributed by atoms with Gasteiger partial charge in [0.2, 0.25) is 17.7 Å². The number of anilines is 2. The van der Waals surface area contributed by atoms with Gasteiger partial charge >= 0.3 is 0 Å². The van der Waals surface area contributed by atoms with E-state index in [-0.39, 0.29) is 30.6 Å². The Morgan fingerprint density at radius 3 is 2.19 bits per heavy atom. The number of nitrogens with one attached hydrogen (secondary N) is 1. The van der Waals surface area contributed by atoms with E-state index in [2.05, 4.69) is 5.32 Å². The second-order valence-corrected chi connectivity index (χ2v) is 9.19. The fourth-order valence-corrected chi connectivity index (χ4v) is 3.99. The summed E-state index contributed by atoms with van der Waals surface area (Å²) in [5.41, 5.74) is 1.06. The van der Waals surface area contributed by atoms with Gasteiger partial charge in [-0.2, -0.15) is 0 Å². The topological polar surface area (TPSA) is 86.8 Å². The van der Waals surface area contributed by atoms with Crippen LogP contribution in [0.5, 0.6) is 0 Å². The summed E-state index contributed by atoms with van der Waals surface area (Å²) in [6, 6.07) is 12.5. The number of amides is 4. The van der Waals surface area contributed by atoms with Gasteiger partial charge < -0.3 is 10.2 Å². The molecule has 8 heteroatoms. The Labute approximate surface area is 192 Å². The van der Waals surface area contributed by atoms with E-state index in [9.17, 15) is 19.2 Å². The molecule has 1 heterocycles. The normalized spacial score (nSPS) is 16.3. The average molecular weight is 456 g/mol. The Morgan fingerprint density at radius 1 is 1.06 bits per heavy atom. The van der Waals surface area contributed by atoms with Crippen molar-refractivity contribution in [3.05, 3.63) is 59.1 Å². The van der Waals surface area contributed by atoms with Crippen molar-refractivity contribution >= 4 is 46.6 Å². The second-order valence-electron chi connectivity index (χ2n) is 8.75. The van der Waals surface area contributed by atoms with Crippen molar-refractivity contribution in [1.82, 2.24) is 4.90 Å². The number of nitrogens with zero attached hydrogens (tertiary/aromatic N) is 2. The lowest BCUT2D eigenvalue weighted by molar-refractivity contribution is -0.143. The molecule has 2 aromatic carbocycles. The smallest absolute Gasteiger partial charge is 0.257 e. The van der Waals surface area contributed by atoms with Gasteiger partial charge in [0.1, 0.15) is 6.04 Å². The number of carbonyl (C=O) groups is 4. The van der Waals surface area contributed by atoms with E-state index < -0.39 is 17.5 Å². The van der Waals surface area contributed by atoms with E-state index in [4.69, 9.17) is 11.6 Å². The molecule has 1 atom stereocenters. The number of benzene rings is 2. The summed E-state index contributed by atoms with van der Waals surface area (Å²) in [7, 11) is 0. The second kappa shape index (κ2) is 9.12. The highest BCUT2D eigenvalue weighted by Gasteiger charge is 2.47. The van der Waals surface area contributed by atoms with Crippen LogP contribution in [0, 0.1) is 0 Å². The van der Waals surface area contributed by atoms with Crippen LogP contribution in [0.2, 0.25) is 5.02 Å². The summed E-state index contributed by atoms with van der Waals surface area (Å²) in [4.78, 5) is 53.2. The predicted octanol–water partition coefficient (Wildman–Crippen LogP) is 3.80. The molecule has 2 aromatic rings. The zero-order chi connectivity index (χ0) is 23.6. The van der Waals surface area contributed by atoms with Gasteiger partial charge in [-0.15, -0.1) is 0 Å². The lowest BCUT2D eigenvalue weighted by Crippen LogP contribution is -2.55. The highest BCUT2D eigenvalue weighted by Crippen LogP contribution is 2.31. The Bertz CT molecular complexity index is 1040. The molecule has 7 nitrogen and oxygen atoms in total. The fraction of sp³-hybridized carbons (Fsp3) is 0.333. The first-order valence-electron chi connectivity index (χ1n) is 10.3. The Morgan fingerprint density at radius 2 is 1.66 bits per heavy atom. The third-order valence-corrected chi connectivity index (χ3v) is 5.39. The zero-order valence-corrected chi connectivity index (χ0v) is 19.3. The predicted molar refractivity (Wildman–Crippen MR) is 123 cm³/mol. The standard InChI is InChI=1S/C24H26ClN3O4/c1-15(29)26-18-9-11-19(12-10-18)27-21(30)14-20(23(27)32)28(24(2,3)4)22(31)13-16-5-7-17(25)8-6-16/h5-12,20H,13-14H2,1-4H3,(H,26,29). The van der Waals surface area contributed by atoms with Gasteiger partial charge in [-0.1, -0.05) is 23.7 Å². The number of carbonyl (C=O) groups excluding carboxylic acids is 4. The minimum Gasteiger partial charge on any atom is -0.326 e. The molecule has 3 rings (SSSR count). The summed E-state index contributed by atoms with van der Waals surface area (Å²) >= 11 is 5.93. The molecule has 0 radical (unpaired) electrons. The van der Waals surface area contributed by atoms with Gasteiger partial charge in [0.15, 0.2) is 0 Å². The lowest BCUT2D eigenvalue weighted by atomic mass is 9.99. The van der Waals surface area contributed by atoms with Gasteiger partial charge in [-0.25, -0.2) is 4.90 Å². The van der Waals surface area contributed by atoms with Crippen LogP contribution in [-0.2, 0) is 25.6 Å². The van der Waals surface area contributed by atoms with Crippen molar-refractivity contribution in [3.63, 3.8) is 0 Å². The SMILES string of the molecule is CC(=O)Nc1ccc(N2C(=O)CC(N(C(=O)Cc3ccc(Cl)cc3)C(C)(C)C)C2=O)cc1. The van der Waals surface area contributed by atoms with Gasteiger partial charge in [0.05, 0.1) is 18.5 Å². The molecule has 1 saturated heterocycles. The van der Waals surface area contributed by atoms with E-state index in [1.54, 1.807) is 48.5 Å². The number of hydrogen-bond donors (Lipinski definition) is 1. The summed E-state index contributed by atoms with van der Waals surface area (Å²) in [5, 5.41) is 3.22. The third kappa shape index (κ3) is 5.16. The lowest BCUT2D eigenvalue weighted by Gasteiger charge is -2.39. The third-order valence-electron chi connectivity index (χ3n) is 5.14.